The quantitative estimate of drug-likeness (QED) is 0.711. The smallest absolute Gasteiger partial charge is 0.331 e. The predicted molar refractivity (Wildman–Crippen MR) is 96.6 cm³/mol. The number of hydrogen-bond acceptors (Lipinski definition) is 4. The zero-order valence-electron chi connectivity index (χ0n) is 14.0. The van der Waals surface area contributed by atoms with E-state index in [-0.39, 0.29) is 13.1 Å². The van der Waals surface area contributed by atoms with Crippen molar-refractivity contribution in [2.24, 2.45) is 0 Å². The summed E-state index contributed by atoms with van der Waals surface area (Å²) in [6.45, 7) is 0.289. The summed E-state index contributed by atoms with van der Waals surface area (Å²) in [7, 11) is 0. The van der Waals surface area contributed by atoms with Crippen LogP contribution in [-0.4, -0.2) is 20.0 Å². The van der Waals surface area contributed by atoms with Crippen molar-refractivity contribution in [2.45, 2.75) is 19.6 Å². The van der Waals surface area contributed by atoms with Crippen LogP contribution in [0, 0.1) is 0 Å². The van der Waals surface area contributed by atoms with Gasteiger partial charge in [-0.25, -0.2) is 4.79 Å². The van der Waals surface area contributed by atoms with E-state index in [9.17, 15) is 14.4 Å². The maximum atomic E-state index is 12.5. The minimum Gasteiger partial charge on any atom is -0.350 e. The van der Waals surface area contributed by atoms with Crippen LogP contribution in [0.25, 0.3) is 0 Å². The lowest BCUT2D eigenvalue weighted by Gasteiger charge is -2.10. The molecule has 2 heterocycles. The number of benzene rings is 1. The largest absolute Gasteiger partial charge is 0.350 e. The first-order valence-corrected chi connectivity index (χ1v) is 8.13. The summed E-state index contributed by atoms with van der Waals surface area (Å²) in [4.78, 5) is 40.6. The van der Waals surface area contributed by atoms with E-state index in [1.54, 1.807) is 18.5 Å². The fourth-order valence-corrected chi connectivity index (χ4v) is 2.51. The first kappa shape index (κ1) is 17.3. The summed E-state index contributed by atoms with van der Waals surface area (Å²) in [6, 6.07) is 14.3. The fourth-order valence-electron chi connectivity index (χ4n) is 2.51. The highest BCUT2D eigenvalue weighted by atomic mass is 16.2. The summed E-state index contributed by atoms with van der Waals surface area (Å²) in [5.74, 6) is -0.412. The van der Waals surface area contributed by atoms with Gasteiger partial charge in [0.1, 0.15) is 6.54 Å². The molecule has 0 atom stereocenters. The number of hydrogen-bond donors (Lipinski definition) is 1. The van der Waals surface area contributed by atoms with E-state index in [0.717, 1.165) is 15.7 Å². The van der Waals surface area contributed by atoms with Gasteiger partial charge in [0, 0.05) is 31.2 Å². The topological polar surface area (TPSA) is 86.0 Å². The van der Waals surface area contributed by atoms with E-state index in [0.29, 0.717) is 6.54 Å². The molecule has 1 aromatic carbocycles. The SMILES string of the molecule is O=C(Cn1c(=O)ccn(Cc2ccccc2)c1=O)NCc1cccnc1. The summed E-state index contributed by atoms with van der Waals surface area (Å²) in [5, 5.41) is 2.68. The van der Waals surface area contributed by atoms with E-state index in [4.69, 9.17) is 0 Å². The maximum absolute atomic E-state index is 12.5. The number of amides is 1. The molecule has 1 N–H and O–H groups in total. The van der Waals surface area contributed by atoms with Crippen LogP contribution in [0.3, 0.4) is 0 Å². The number of rotatable bonds is 6. The van der Waals surface area contributed by atoms with Gasteiger partial charge < -0.3 is 5.32 Å². The molecule has 7 nitrogen and oxygen atoms in total. The van der Waals surface area contributed by atoms with Crippen LogP contribution < -0.4 is 16.6 Å². The Morgan fingerprint density at radius 1 is 1.00 bits per heavy atom. The highest BCUT2D eigenvalue weighted by Gasteiger charge is 2.10. The van der Waals surface area contributed by atoms with Crippen LogP contribution >= 0.6 is 0 Å². The molecule has 0 saturated carbocycles. The maximum Gasteiger partial charge on any atom is 0.331 e. The Kier molecular flexibility index (Phi) is 5.38. The first-order chi connectivity index (χ1) is 12.6. The van der Waals surface area contributed by atoms with Gasteiger partial charge in [0.15, 0.2) is 0 Å². The highest BCUT2D eigenvalue weighted by Crippen LogP contribution is 1.99. The number of aromatic nitrogens is 3. The average Bonchev–Trinajstić information content (AvgIpc) is 2.67. The Morgan fingerprint density at radius 2 is 1.77 bits per heavy atom. The molecule has 0 aliphatic heterocycles. The standard InChI is InChI=1S/C19H18N4O3/c24-17(21-12-16-7-4-9-20-11-16)14-23-18(25)8-10-22(19(23)26)13-15-5-2-1-3-6-15/h1-11H,12-14H2,(H,21,24). The molecule has 0 aliphatic carbocycles. The second kappa shape index (κ2) is 8.06. The molecule has 0 bridgehead atoms. The van der Waals surface area contributed by atoms with Gasteiger partial charge in [0.2, 0.25) is 5.91 Å². The third-order valence-corrected chi connectivity index (χ3v) is 3.85. The molecule has 0 saturated heterocycles. The van der Waals surface area contributed by atoms with Crippen LogP contribution in [0.1, 0.15) is 11.1 Å². The molecule has 0 fully saturated rings. The molecule has 1 amide bonds. The van der Waals surface area contributed by atoms with Gasteiger partial charge in [-0.2, -0.15) is 0 Å². The van der Waals surface area contributed by atoms with Gasteiger partial charge in [-0.15, -0.1) is 0 Å². The van der Waals surface area contributed by atoms with E-state index in [2.05, 4.69) is 10.3 Å². The lowest BCUT2D eigenvalue weighted by atomic mass is 10.2. The van der Waals surface area contributed by atoms with Crippen LogP contribution in [0.2, 0.25) is 0 Å². The van der Waals surface area contributed by atoms with Crippen molar-refractivity contribution in [3.05, 3.63) is 99.1 Å². The first-order valence-electron chi connectivity index (χ1n) is 8.13. The Hall–Kier alpha value is -3.48. The number of carbonyl (C=O) groups excluding carboxylic acids is 1. The van der Waals surface area contributed by atoms with E-state index in [1.165, 1.54) is 16.8 Å². The molecule has 7 heteroatoms. The lowest BCUT2D eigenvalue weighted by molar-refractivity contribution is -0.121. The summed E-state index contributed by atoms with van der Waals surface area (Å²) in [5.41, 5.74) is 0.747. The molecule has 26 heavy (non-hydrogen) atoms. The Bertz CT molecular complexity index is 995. The number of nitrogens with zero attached hydrogens (tertiary/aromatic N) is 3. The number of carbonyl (C=O) groups is 1. The van der Waals surface area contributed by atoms with Gasteiger partial charge >= 0.3 is 5.69 Å². The Labute approximate surface area is 149 Å². The molecule has 0 radical (unpaired) electrons. The van der Waals surface area contributed by atoms with Crippen molar-refractivity contribution in [1.29, 1.82) is 0 Å². The average molecular weight is 350 g/mol. The van der Waals surface area contributed by atoms with Crippen LogP contribution in [0.15, 0.2) is 76.7 Å². The fraction of sp³-hybridized carbons (Fsp3) is 0.158. The van der Waals surface area contributed by atoms with E-state index >= 15 is 0 Å². The van der Waals surface area contributed by atoms with Gasteiger partial charge in [-0.3, -0.25) is 23.7 Å². The van der Waals surface area contributed by atoms with Gasteiger partial charge in [-0.1, -0.05) is 36.4 Å². The van der Waals surface area contributed by atoms with Gasteiger partial charge in [-0.05, 0) is 17.2 Å². The monoisotopic (exact) mass is 350 g/mol. The molecular formula is C19H18N4O3. The Morgan fingerprint density at radius 3 is 2.50 bits per heavy atom. The summed E-state index contributed by atoms with van der Waals surface area (Å²) < 4.78 is 2.34. The molecular weight excluding hydrogens is 332 g/mol. The van der Waals surface area contributed by atoms with Crippen molar-refractivity contribution in [2.75, 3.05) is 0 Å². The lowest BCUT2D eigenvalue weighted by Crippen LogP contribution is -2.43. The number of nitrogens with one attached hydrogen (secondary N) is 1. The molecule has 3 aromatic rings. The zero-order valence-corrected chi connectivity index (χ0v) is 14.0. The van der Waals surface area contributed by atoms with Crippen LogP contribution in [0.4, 0.5) is 0 Å². The molecule has 2 aromatic heterocycles. The zero-order chi connectivity index (χ0) is 18.4. The van der Waals surface area contributed by atoms with Crippen molar-refractivity contribution in [3.8, 4) is 0 Å². The minimum absolute atomic E-state index is 0.284. The second-order valence-electron chi connectivity index (χ2n) is 5.77. The van der Waals surface area contributed by atoms with Crippen LogP contribution in [-0.2, 0) is 24.4 Å². The van der Waals surface area contributed by atoms with E-state index < -0.39 is 17.2 Å². The third kappa shape index (κ3) is 4.32. The minimum atomic E-state index is -0.516. The predicted octanol–water partition coefficient (Wildman–Crippen LogP) is 0.770. The molecule has 0 spiro atoms. The van der Waals surface area contributed by atoms with Gasteiger partial charge in [0.05, 0.1) is 6.54 Å². The van der Waals surface area contributed by atoms with E-state index in [1.807, 2.05) is 36.4 Å². The normalized spacial score (nSPS) is 10.5. The molecule has 3 rings (SSSR count). The molecule has 132 valence electrons. The summed E-state index contributed by atoms with van der Waals surface area (Å²) in [6.07, 6.45) is 4.73. The highest BCUT2D eigenvalue weighted by molar-refractivity contribution is 5.75. The van der Waals surface area contributed by atoms with Crippen LogP contribution in [0.5, 0.6) is 0 Å². The Balaban J connectivity index is 1.73. The van der Waals surface area contributed by atoms with Crippen molar-refractivity contribution in [1.82, 2.24) is 19.4 Å². The molecule has 0 unspecified atom stereocenters. The van der Waals surface area contributed by atoms with Crippen molar-refractivity contribution < 1.29 is 4.79 Å². The van der Waals surface area contributed by atoms with Crippen molar-refractivity contribution in [3.63, 3.8) is 0 Å². The number of pyridine rings is 1. The molecule has 0 aliphatic rings. The van der Waals surface area contributed by atoms with Crippen molar-refractivity contribution >= 4 is 5.91 Å². The second-order valence-corrected chi connectivity index (χ2v) is 5.77. The van der Waals surface area contributed by atoms with Gasteiger partial charge in [0.25, 0.3) is 5.56 Å². The third-order valence-electron chi connectivity index (χ3n) is 3.85. The summed E-state index contributed by atoms with van der Waals surface area (Å²) >= 11 is 0.